The number of hydrogen-bond acceptors (Lipinski definition) is 0. The van der Waals surface area contributed by atoms with Gasteiger partial charge in [-0.15, -0.1) is 0 Å². The first-order chi connectivity index (χ1) is 7.16. The maximum Gasteiger partial charge on any atom is 0.0624 e. The highest BCUT2D eigenvalue weighted by Gasteiger charge is 2.23. The topological polar surface area (TPSA) is 0 Å². The fourth-order valence-corrected chi connectivity index (χ4v) is 3.41. The van der Waals surface area contributed by atoms with Crippen LogP contribution in [-0.2, 0) is 6.42 Å². The van der Waals surface area contributed by atoms with Gasteiger partial charge in [-0.3, -0.25) is 0 Å². The van der Waals surface area contributed by atoms with E-state index in [0.29, 0.717) is 9.85 Å². The molecule has 1 aliphatic rings. The summed E-state index contributed by atoms with van der Waals surface area (Å²) in [6, 6.07) is 5.90. The van der Waals surface area contributed by atoms with Gasteiger partial charge in [-0.2, -0.15) is 0 Å². The van der Waals surface area contributed by atoms with E-state index in [1.807, 2.05) is 12.1 Å². The largest absolute Gasteiger partial charge is 0.0891 e. The summed E-state index contributed by atoms with van der Waals surface area (Å²) in [5.41, 5.74) is 1.19. The maximum atomic E-state index is 6.16. The van der Waals surface area contributed by atoms with Crippen molar-refractivity contribution < 1.29 is 0 Å². The molecule has 2 atom stereocenters. The van der Waals surface area contributed by atoms with Crippen LogP contribution >= 0.6 is 39.1 Å². The molecule has 0 N–H and O–H groups in total. The Balaban J connectivity index is 2.07. The Labute approximate surface area is 109 Å². The zero-order valence-corrected chi connectivity index (χ0v) is 11.4. The van der Waals surface area contributed by atoms with E-state index in [1.165, 1.54) is 24.8 Å². The van der Waals surface area contributed by atoms with E-state index in [4.69, 9.17) is 23.2 Å². The van der Waals surface area contributed by atoms with Gasteiger partial charge < -0.3 is 0 Å². The molecule has 1 fully saturated rings. The van der Waals surface area contributed by atoms with Crippen LogP contribution in [0.3, 0.4) is 0 Å². The summed E-state index contributed by atoms with van der Waals surface area (Å²) in [7, 11) is 0. The molecule has 1 aliphatic carbocycles. The molecule has 0 saturated heterocycles. The van der Waals surface area contributed by atoms with Gasteiger partial charge in [0.2, 0.25) is 0 Å². The minimum absolute atomic E-state index is 0.669. The molecule has 82 valence electrons. The number of rotatable bonds is 2. The molecule has 0 radical (unpaired) electrons. The van der Waals surface area contributed by atoms with E-state index in [0.717, 1.165) is 17.4 Å². The van der Waals surface area contributed by atoms with Gasteiger partial charge in [0.25, 0.3) is 0 Å². The predicted octanol–water partition coefficient (Wildman–Crippen LogP) is 5.10. The van der Waals surface area contributed by atoms with Crippen LogP contribution < -0.4 is 0 Å². The molecule has 2 rings (SSSR count). The monoisotopic (exact) mass is 306 g/mol. The van der Waals surface area contributed by atoms with Gasteiger partial charge in [-0.25, -0.2) is 0 Å². The summed E-state index contributed by atoms with van der Waals surface area (Å²) >= 11 is 15.8. The fraction of sp³-hybridized carbons (Fsp3) is 0.500. The van der Waals surface area contributed by atoms with Gasteiger partial charge in [0, 0.05) is 4.83 Å². The maximum absolute atomic E-state index is 6.16. The molecule has 0 nitrogen and oxygen atoms in total. The molecule has 15 heavy (non-hydrogen) atoms. The van der Waals surface area contributed by atoms with Crippen molar-refractivity contribution >= 4 is 39.1 Å². The highest BCUT2D eigenvalue weighted by Crippen LogP contribution is 2.35. The van der Waals surface area contributed by atoms with Crippen LogP contribution in [0.25, 0.3) is 0 Å². The zero-order valence-electron chi connectivity index (χ0n) is 8.35. The van der Waals surface area contributed by atoms with Crippen LogP contribution in [0.5, 0.6) is 0 Å². The van der Waals surface area contributed by atoms with Gasteiger partial charge in [-0.1, -0.05) is 51.3 Å². The average molecular weight is 308 g/mol. The number of benzene rings is 1. The standard InChI is InChI=1S/C12H13BrCl2/c13-10-5-4-8(7-10)6-9-2-1-3-11(14)12(9)15/h1-3,8,10H,4-7H2. The smallest absolute Gasteiger partial charge is 0.0624 e. The second-order valence-corrected chi connectivity index (χ2v) is 6.27. The molecule has 1 saturated carbocycles. The summed E-state index contributed by atoms with van der Waals surface area (Å²) in [5, 5.41) is 1.40. The number of alkyl halides is 1. The Morgan fingerprint density at radius 1 is 1.27 bits per heavy atom. The first-order valence-corrected chi connectivity index (χ1v) is 6.91. The van der Waals surface area contributed by atoms with E-state index in [9.17, 15) is 0 Å². The minimum Gasteiger partial charge on any atom is -0.0891 e. The quantitative estimate of drug-likeness (QED) is 0.667. The van der Waals surface area contributed by atoms with Gasteiger partial charge in [0.1, 0.15) is 0 Å². The van der Waals surface area contributed by atoms with Gasteiger partial charge in [-0.05, 0) is 43.2 Å². The van der Waals surface area contributed by atoms with Gasteiger partial charge >= 0.3 is 0 Å². The normalized spacial score (nSPS) is 25.8. The molecule has 1 aromatic rings. The number of hydrogen-bond donors (Lipinski definition) is 0. The second kappa shape index (κ2) is 5.07. The Morgan fingerprint density at radius 3 is 2.73 bits per heavy atom. The molecule has 0 spiro atoms. The lowest BCUT2D eigenvalue weighted by Crippen LogP contribution is -2.01. The van der Waals surface area contributed by atoms with E-state index < -0.39 is 0 Å². The Morgan fingerprint density at radius 2 is 2.07 bits per heavy atom. The Bertz CT molecular complexity index is 351. The molecule has 0 aromatic heterocycles. The predicted molar refractivity (Wildman–Crippen MR) is 70.2 cm³/mol. The zero-order chi connectivity index (χ0) is 10.8. The summed E-state index contributed by atoms with van der Waals surface area (Å²) in [6.07, 6.45) is 4.88. The SMILES string of the molecule is Clc1cccc(CC2CCC(Br)C2)c1Cl. The minimum atomic E-state index is 0.669. The summed E-state index contributed by atoms with van der Waals surface area (Å²) in [4.78, 5) is 0.695. The van der Waals surface area contributed by atoms with E-state index in [2.05, 4.69) is 22.0 Å². The molecule has 0 aliphatic heterocycles. The lowest BCUT2D eigenvalue weighted by Gasteiger charge is -2.11. The highest BCUT2D eigenvalue weighted by molar-refractivity contribution is 9.09. The fourth-order valence-electron chi connectivity index (χ4n) is 2.22. The highest BCUT2D eigenvalue weighted by atomic mass is 79.9. The molecular weight excluding hydrogens is 295 g/mol. The van der Waals surface area contributed by atoms with Crippen LogP contribution in [0.2, 0.25) is 10.0 Å². The third-order valence-electron chi connectivity index (χ3n) is 3.02. The molecule has 2 unspecified atom stereocenters. The average Bonchev–Trinajstić information content (AvgIpc) is 2.59. The first-order valence-electron chi connectivity index (χ1n) is 5.23. The lowest BCUT2D eigenvalue weighted by molar-refractivity contribution is 0.548. The molecular formula is C12H13BrCl2. The van der Waals surface area contributed by atoms with Crippen molar-refractivity contribution in [3.8, 4) is 0 Å². The van der Waals surface area contributed by atoms with Crippen molar-refractivity contribution in [1.29, 1.82) is 0 Å². The van der Waals surface area contributed by atoms with Crippen molar-refractivity contribution in [2.24, 2.45) is 5.92 Å². The van der Waals surface area contributed by atoms with E-state index in [-0.39, 0.29) is 0 Å². The van der Waals surface area contributed by atoms with Crippen molar-refractivity contribution in [2.45, 2.75) is 30.5 Å². The van der Waals surface area contributed by atoms with Crippen LogP contribution in [0.4, 0.5) is 0 Å². The van der Waals surface area contributed by atoms with Crippen LogP contribution in [0.15, 0.2) is 18.2 Å². The van der Waals surface area contributed by atoms with Crippen molar-refractivity contribution in [3.05, 3.63) is 33.8 Å². The van der Waals surface area contributed by atoms with E-state index >= 15 is 0 Å². The summed E-state index contributed by atoms with van der Waals surface area (Å²) in [5.74, 6) is 0.755. The molecule has 0 amide bonds. The summed E-state index contributed by atoms with van der Waals surface area (Å²) < 4.78 is 0. The van der Waals surface area contributed by atoms with E-state index in [1.54, 1.807) is 0 Å². The van der Waals surface area contributed by atoms with Crippen LogP contribution in [0.1, 0.15) is 24.8 Å². The Kier molecular flexibility index (Phi) is 3.98. The molecule has 0 bridgehead atoms. The van der Waals surface area contributed by atoms with Crippen LogP contribution in [-0.4, -0.2) is 4.83 Å². The van der Waals surface area contributed by atoms with Gasteiger partial charge in [0.15, 0.2) is 0 Å². The van der Waals surface area contributed by atoms with Crippen molar-refractivity contribution in [2.75, 3.05) is 0 Å². The third kappa shape index (κ3) is 2.89. The second-order valence-electron chi connectivity index (χ2n) is 4.19. The third-order valence-corrected chi connectivity index (χ3v) is 4.71. The van der Waals surface area contributed by atoms with Gasteiger partial charge in [0.05, 0.1) is 10.0 Å². The lowest BCUT2D eigenvalue weighted by atomic mass is 9.98. The van der Waals surface area contributed by atoms with Crippen molar-refractivity contribution in [1.82, 2.24) is 0 Å². The first kappa shape index (κ1) is 11.8. The Hall–Kier alpha value is 0.280. The number of halogens is 3. The molecule has 0 heterocycles. The molecule has 3 heteroatoms. The van der Waals surface area contributed by atoms with Crippen LogP contribution in [0, 0.1) is 5.92 Å². The van der Waals surface area contributed by atoms with Crippen molar-refractivity contribution in [3.63, 3.8) is 0 Å². The molecule has 1 aromatic carbocycles. The summed E-state index contributed by atoms with van der Waals surface area (Å²) in [6.45, 7) is 0.